The third-order valence-electron chi connectivity index (χ3n) is 3.37. The summed E-state index contributed by atoms with van der Waals surface area (Å²) < 4.78 is 5.67. The summed E-state index contributed by atoms with van der Waals surface area (Å²) in [6, 6.07) is 10.4. The first kappa shape index (κ1) is 18.5. The number of nitrogens with one attached hydrogen (secondary N) is 2. The molecule has 0 saturated carbocycles. The fourth-order valence-electron chi connectivity index (χ4n) is 2.02. The Labute approximate surface area is 135 Å². The molecule has 0 bridgehead atoms. The summed E-state index contributed by atoms with van der Waals surface area (Å²) in [6.45, 7) is 7.86. The first-order valence-electron chi connectivity index (χ1n) is 8.28. The molecule has 4 nitrogen and oxygen atoms in total. The van der Waals surface area contributed by atoms with Crippen molar-refractivity contribution >= 4 is 5.96 Å². The molecule has 0 radical (unpaired) electrons. The molecule has 0 unspecified atom stereocenters. The van der Waals surface area contributed by atoms with Gasteiger partial charge in [-0.3, -0.25) is 4.99 Å². The van der Waals surface area contributed by atoms with Crippen molar-refractivity contribution in [1.82, 2.24) is 10.6 Å². The first-order valence-corrected chi connectivity index (χ1v) is 8.28. The molecule has 0 saturated heterocycles. The molecule has 1 aromatic rings. The van der Waals surface area contributed by atoms with Crippen molar-refractivity contribution in [1.29, 1.82) is 0 Å². The molecule has 2 N–H and O–H groups in total. The van der Waals surface area contributed by atoms with Crippen molar-refractivity contribution < 1.29 is 4.74 Å². The van der Waals surface area contributed by atoms with Gasteiger partial charge in [0.05, 0.1) is 6.61 Å². The minimum Gasteiger partial charge on any atom is -0.381 e. The highest BCUT2D eigenvalue weighted by Gasteiger charge is 1.98. The molecule has 124 valence electrons. The second kappa shape index (κ2) is 12.0. The van der Waals surface area contributed by atoms with Crippen LogP contribution in [0.2, 0.25) is 0 Å². The number of ether oxygens (including phenoxy) is 1. The monoisotopic (exact) mass is 305 g/mol. The van der Waals surface area contributed by atoms with Crippen molar-refractivity contribution in [2.75, 3.05) is 33.4 Å². The fraction of sp³-hybridized carbons (Fsp3) is 0.611. The van der Waals surface area contributed by atoms with Crippen LogP contribution in [0.25, 0.3) is 0 Å². The second-order valence-corrected chi connectivity index (χ2v) is 5.81. The molecule has 0 aromatic heterocycles. The molecule has 0 spiro atoms. The van der Waals surface area contributed by atoms with Gasteiger partial charge in [-0.2, -0.15) is 0 Å². The number of rotatable bonds is 10. The average molecular weight is 305 g/mol. The van der Waals surface area contributed by atoms with E-state index in [0.717, 1.165) is 51.5 Å². The summed E-state index contributed by atoms with van der Waals surface area (Å²) in [5.74, 6) is 1.59. The number of aliphatic imine (C=N–C) groups is 1. The highest BCUT2D eigenvalue weighted by atomic mass is 16.5. The topological polar surface area (TPSA) is 45.7 Å². The number of hydrogen-bond acceptors (Lipinski definition) is 2. The predicted octanol–water partition coefficient (Wildman–Crippen LogP) is 2.85. The lowest BCUT2D eigenvalue weighted by Crippen LogP contribution is -2.38. The Hall–Kier alpha value is -1.55. The zero-order valence-electron chi connectivity index (χ0n) is 14.3. The summed E-state index contributed by atoms with van der Waals surface area (Å²) in [5.41, 5.74) is 1.33. The van der Waals surface area contributed by atoms with Gasteiger partial charge in [-0.25, -0.2) is 0 Å². The van der Waals surface area contributed by atoms with Crippen LogP contribution in [0.3, 0.4) is 0 Å². The van der Waals surface area contributed by atoms with Crippen LogP contribution < -0.4 is 10.6 Å². The lowest BCUT2D eigenvalue weighted by Gasteiger charge is -2.12. The van der Waals surface area contributed by atoms with Gasteiger partial charge in [0.15, 0.2) is 5.96 Å². The lowest BCUT2D eigenvalue weighted by atomic mass is 10.1. The minimum absolute atomic E-state index is 0.712. The van der Waals surface area contributed by atoms with Gasteiger partial charge in [-0.1, -0.05) is 44.2 Å². The largest absolute Gasteiger partial charge is 0.381 e. The van der Waals surface area contributed by atoms with Crippen molar-refractivity contribution in [3.63, 3.8) is 0 Å². The van der Waals surface area contributed by atoms with Crippen LogP contribution >= 0.6 is 0 Å². The van der Waals surface area contributed by atoms with E-state index in [1.54, 1.807) is 7.05 Å². The molecular formula is C18H31N3O. The minimum atomic E-state index is 0.712. The summed E-state index contributed by atoms with van der Waals surface area (Å²) in [7, 11) is 1.81. The highest BCUT2D eigenvalue weighted by molar-refractivity contribution is 5.79. The number of guanidine groups is 1. The Morgan fingerprint density at radius 2 is 1.82 bits per heavy atom. The smallest absolute Gasteiger partial charge is 0.190 e. The molecule has 4 heteroatoms. The number of hydrogen-bond donors (Lipinski definition) is 2. The predicted molar refractivity (Wildman–Crippen MR) is 94.4 cm³/mol. The molecule has 0 heterocycles. The van der Waals surface area contributed by atoms with Crippen LogP contribution in [0.4, 0.5) is 0 Å². The van der Waals surface area contributed by atoms with E-state index >= 15 is 0 Å². The van der Waals surface area contributed by atoms with Crippen molar-refractivity contribution in [3.8, 4) is 0 Å². The van der Waals surface area contributed by atoms with Crippen LogP contribution in [-0.4, -0.2) is 39.3 Å². The Kier molecular flexibility index (Phi) is 10.1. The van der Waals surface area contributed by atoms with Gasteiger partial charge in [0.2, 0.25) is 0 Å². The Bertz CT molecular complexity index is 404. The molecule has 1 aromatic carbocycles. The maximum atomic E-state index is 5.67. The van der Waals surface area contributed by atoms with Gasteiger partial charge in [-0.15, -0.1) is 0 Å². The molecule has 0 fully saturated rings. The zero-order chi connectivity index (χ0) is 16.0. The maximum absolute atomic E-state index is 5.67. The first-order chi connectivity index (χ1) is 10.7. The van der Waals surface area contributed by atoms with Gasteiger partial charge >= 0.3 is 0 Å². The van der Waals surface area contributed by atoms with Gasteiger partial charge < -0.3 is 15.4 Å². The van der Waals surface area contributed by atoms with E-state index in [1.165, 1.54) is 5.56 Å². The second-order valence-electron chi connectivity index (χ2n) is 5.81. The molecule has 22 heavy (non-hydrogen) atoms. The van der Waals surface area contributed by atoms with E-state index in [4.69, 9.17) is 4.74 Å². The summed E-state index contributed by atoms with van der Waals surface area (Å²) in [6.07, 6.45) is 3.12. The van der Waals surface area contributed by atoms with Crippen LogP contribution in [0, 0.1) is 5.92 Å². The fourth-order valence-corrected chi connectivity index (χ4v) is 2.02. The van der Waals surface area contributed by atoms with E-state index in [1.807, 2.05) is 6.07 Å². The van der Waals surface area contributed by atoms with E-state index in [0.29, 0.717) is 5.92 Å². The van der Waals surface area contributed by atoms with Crippen molar-refractivity contribution in [3.05, 3.63) is 35.9 Å². The average Bonchev–Trinajstić information content (AvgIpc) is 2.53. The van der Waals surface area contributed by atoms with E-state index in [-0.39, 0.29) is 0 Å². The van der Waals surface area contributed by atoms with Crippen LogP contribution in [-0.2, 0) is 11.2 Å². The third-order valence-corrected chi connectivity index (χ3v) is 3.37. The zero-order valence-corrected chi connectivity index (χ0v) is 14.3. The molecule has 0 aliphatic carbocycles. The van der Waals surface area contributed by atoms with E-state index in [9.17, 15) is 0 Å². The lowest BCUT2D eigenvalue weighted by molar-refractivity contribution is 0.135. The molecule has 1 rings (SSSR count). The Morgan fingerprint density at radius 1 is 1.09 bits per heavy atom. The summed E-state index contributed by atoms with van der Waals surface area (Å²) in [4.78, 5) is 4.21. The normalized spacial score (nSPS) is 11.7. The van der Waals surface area contributed by atoms with Crippen LogP contribution in [0.15, 0.2) is 35.3 Å². The quantitative estimate of drug-likeness (QED) is 0.397. The van der Waals surface area contributed by atoms with Gasteiger partial charge in [0.25, 0.3) is 0 Å². The van der Waals surface area contributed by atoms with Crippen LogP contribution in [0.5, 0.6) is 0 Å². The maximum Gasteiger partial charge on any atom is 0.190 e. The van der Waals surface area contributed by atoms with Gasteiger partial charge in [-0.05, 0) is 30.7 Å². The van der Waals surface area contributed by atoms with Crippen molar-refractivity contribution in [2.45, 2.75) is 33.1 Å². The van der Waals surface area contributed by atoms with Gasteiger partial charge in [0.1, 0.15) is 0 Å². The summed E-state index contributed by atoms with van der Waals surface area (Å²) in [5, 5.41) is 6.63. The van der Waals surface area contributed by atoms with Crippen molar-refractivity contribution in [2.24, 2.45) is 10.9 Å². The standard InChI is InChI=1S/C18H31N3O/c1-16(2)10-13-21-18(19-3)20-12-7-14-22-15-11-17-8-5-4-6-9-17/h4-6,8-9,16H,7,10-15H2,1-3H3,(H2,19,20,21). The molecular weight excluding hydrogens is 274 g/mol. The molecule has 0 atom stereocenters. The molecule has 0 aliphatic rings. The Balaban J connectivity index is 1.97. The number of nitrogens with zero attached hydrogens (tertiary/aromatic N) is 1. The number of benzene rings is 1. The SMILES string of the molecule is CN=C(NCCCOCCc1ccccc1)NCCC(C)C. The highest BCUT2D eigenvalue weighted by Crippen LogP contribution is 1.99. The van der Waals surface area contributed by atoms with Crippen LogP contribution in [0.1, 0.15) is 32.3 Å². The molecule has 0 amide bonds. The van der Waals surface area contributed by atoms with E-state index < -0.39 is 0 Å². The molecule has 0 aliphatic heterocycles. The Morgan fingerprint density at radius 3 is 2.50 bits per heavy atom. The summed E-state index contributed by atoms with van der Waals surface area (Å²) >= 11 is 0. The van der Waals surface area contributed by atoms with E-state index in [2.05, 4.69) is 53.7 Å². The third kappa shape index (κ3) is 9.40. The van der Waals surface area contributed by atoms with Gasteiger partial charge in [0, 0.05) is 26.7 Å².